The van der Waals surface area contributed by atoms with Crippen LogP contribution < -0.4 is 9.47 Å². The Morgan fingerprint density at radius 3 is 2.63 bits per heavy atom. The largest absolute Gasteiger partial charge is 0.481 e. The fraction of sp³-hybridized carbons (Fsp3) is 0.600. The van der Waals surface area contributed by atoms with Crippen molar-refractivity contribution in [2.24, 2.45) is 5.41 Å². The lowest BCUT2D eigenvalue weighted by Gasteiger charge is -2.38. The monoisotopic (exact) mass is 376 g/mol. The van der Waals surface area contributed by atoms with E-state index in [1.807, 2.05) is 11.9 Å². The van der Waals surface area contributed by atoms with Gasteiger partial charge in [0.15, 0.2) is 23.5 Å². The number of benzene rings is 1. The van der Waals surface area contributed by atoms with Crippen LogP contribution in [0.4, 0.5) is 4.39 Å². The summed E-state index contributed by atoms with van der Waals surface area (Å²) < 4.78 is 25.0. The van der Waals surface area contributed by atoms with Crippen LogP contribution in [0.5, 0.6) is 11.5 Å². The highest BCUT2D eigenvalue weighted by Gasteiger charge is 2.45. The van der Waals surface area contributed by atoms with Gasteiger partial charge >= 0.3 is 0 Å². The molecule has 27 heavy (non-hydrogen) atoms. The molecular weight excluding hydrogens is 351 g/mol. The highest BCUT2D eigenvalue weighted by molar-refractivity contribution is 5.98. The highest BCUT2D eigenvalue weighted by Crippen LogP contribution is 2.46. The molecule has 1 saturated heterocycles. The van der Waals surface area contributed by atoms with E-state index in [1.165, 1.54) is 11.0 Å². The van der Waals surface area contributed by atoms with Crippen LogP contribution in [0.1, 0.15) is 38.5 Å². The second-order valence-electron chi connectivity index (χ2n) is 7.93. The molecule has 2 amide bonds. The molecule has 1 saturated carbocycles. The molecule has 2 aliphatic heterocycles. The van der Waals surface area contributed by atoms with Gasteiger partial charge in [-0.2, -0.15) is 0 Å². The van der Waals surface area contributed by atoms with Crippen molar-refractivity contribution in [3.8, 4) is 11.5 Å². The second-order valence-corrected chi connectivity index (χ2v) is 7.93. The van der Waals surface area contributed by atoms with E-state index in [0.717, 1.165) is 25.7 Å². The van der Waals surface area contributed by atoms with E-state index in [4.69, 9.17) is 9.47 Å². The molecule has 2 heterocycles. The zero-order valence-electron chi connectivity index (χ0n) is 15.6. The van der Waals surface area contributed by atoms with Crippen molar-refractivity contribution in [2.45, 2.75) is 44.8 Å². The topological polar surface area (TPSA) is 59.1 Å². The van der Waals surface area contributed by atoms with Crippen LogP contribution in [-0.4, -0.2) is 54.6 Å². The molecule has 1 aromatic carbocycles. The third kappa shape index (κ3) is 3.52. The number of fused-ring (bicyclic) bond motifs is 1. The number of ether oxygens (including phenoxy) is 2. The molecule has 4 rings (SSSR count). The van der Waals surface area contributed by atoms with Crippen LogP contribution in [0, 0.1) is 11.2 Å². The first kappa shape index (κ1) is 18.2. The number of hydrogen-bond acceptors (Lipinski definition) is 5. The van der Waals surface area contributed by atoms with Crippen LogP contribution in [0.2, 0.25) is 0 Å². The molecule has 0 aromatic heterocycles. The van der Waals surface area contributed by atoms with E-state index in [9.17, 15) is 14.0 Å². The quantitative estimate of drug-likeness (QED) is 0.756. The Hall–Kier alpha value is -2.15. The van der Waals surface area contributed by atoms with Crippen molar-refractivity contribution >= 4 is 11.8 Å². The molecule has 6 nitrogen and oxygen atoms in total. The van der Waals surface area contributed by atoms with E-state index in [1.54, 1.807) is 12.1 Å². The number of piperidine rings is 1. The second kappa shape index (κ2) is 7.11. The van der Waals surface area contributed by atoms with Gasteiger partial charge in [-0.1, -0.05) is 18.9 Å². The third-order valence-corrected chi connectivity index (χ3v) is 6.05. The number of likely N-dealkylation sites (N-methyl/N-ethyl adjacent to an activating group) is 1. The van der Waals surface area contributed by atoms with Crippen LogP contribution in [0.25, 0.3) is 0 Å². The van der Waals surface area contributed by atoms with Crippen molar-refractivity contribution in [1.29, 1.82) is 0 Å². The maximum Gasteiger partial charge on any atom is 0.229 e. The summed E-state index contributed by atoms with van der Waals surface area (Å²) in [6.07, 6.45) is 4.78. The number of hydrogen-bond donors (Lipinski definition) is 0. The maximum absolute atomic E-state index is 13.7. The Morgan fingerprint density at radius 1 is 1.22 bits per heavy atom. The zero-order chi connectivity index (χ0) is 19.0. The minimum Gasteiger partial charge on any atom is -0.481 e. The molecule has 1 unspecified atom stereocenters. The number of para-hydroxylation sites is 1. The van der Waals surface area contributed by atoms with Gasteiger partial charge in [-0.3, -0.25) is 19.4 Å². The van der Waals surface area contributed by atoms with Crippen molar-refractivity contribution in [3.05, 3.63) is 24.0 Å². The summed E-state index contributed by atoms with van der Waals surface area (Å²) in [5, 5.41) is 0. The highest BCUT2D eigenvalue weighted by atomic mass is 19.1. The van der Waals surface area contributed by atoms with Crippen molar-refractivity contribution in [3.63, 3.8) is 0 Å². The minimum atomic E-state index is -0.445. The van der Waals surface area contributed by atoms with Crippen molar-refractivity contribution < 1.29 is 23.5 Å². The minimum absolute atomic E-state index is 0.0604. The molecular formula is C20H25FN2O4. The lowest BCUT2D eigenvalue weighted by atomic mass is 9.76. The summed E-state index contributed by atoms with van der Waals surface area (Å²) in [5.41, 5.74) is -0.0787. The van der Waals surface area contributed by atoms with E-state index in [-0.39, 0.29) is 29.6 Å². The molecule has 7 heteroatoms. The number of rotatable bonds is 4. The molecule has 3 aliphatic rings. The Bertz CT molecular complexity index is 727. The van der Waals surface area contributed by atoms with Gasteiger partial charge in [0.1, 0.15) is 6.61 Å². The molecule has 2 fully saturated rings. The number of halogens is 1. The van der Waals surface area contributed by atoms with Gasteiger partial charge in [-0.15, -0.1) is 0 Å². The summed E-state index contributed by atoms with van der Waals surface area (Å²) in [6, 6.07) is 4.57. The van der Waals surface area contributed by atoms with Crippen LogP contribution in [0.3, 0.4) is 0 Å². The van der Waals surface area contributed by atoms with E-state index in [2.05, 4.69) is 0 Å². The van der Waals surface area contributed by atoms with E-state index >= 15 is 0 Å². The van der Waals surface area contributed by atoms with Crippen molar-refractivity contribution in [1.82, 2.24) is 9.80 Å². The molecule has 1 atom stereocenters. The number of amides is 2. The first-order valence-electron chi connectivity index (χ1n) is 9.59. The van der Waals surface area contributed by atoms with Gasteiger partial charge < -0.3 is 9.47 Å². The SMILES string of the molecule is CN(CCN1C(=O)CC2(CCCC2)CC1=O)C1COc2c(F)cccc2O1. The number of imide groups is 1. The Labute approximate surface area is 158 Å². The standard InChI is InChI=1S/C20H25FN2O4/c1-22(18-13-26-19-14(21)5-4-6-15(19)27-18)9-10-23-16(24)11-20(12-17(23)25)7-2-3-8-20/h4-6,18H,2-3,7-13H2,1H3. The normalized spacial score (nSPS) is 24.1. The first-order valence-corrected chi connectivity index (χ1v) is 9.59. The Morgan fingerprint density at radius 2 is 1.93 bits per heavy atom. The molecule has 0 bridgehead atoms. The fourth-order valence-corrected chi connectivity index (χ4v) is 4.44. The smallest absolute Gasteiger partial charge is 0.229 e. The fourth-order valence-electron chi connectivity index (χ4n) is 4.44. The average Bonchev–Trinajstić information content (AvgIpc) is 3.08. The number of likely N-dealkylation sites (tertiary alicyclic amines) is 1. The van der Waals surface area contributed by atoms with Gasteiger partial charge in [0.2, 0.25) is 11.8 Å². The number of carbonyl (C=O) groups excluding carboxylic acids is 2. The number of carbonyl (C=O) groups is 2. The number of nitrogens with zero attached hydrogens (tertiary/aromatic N) is 2. The maximum atomic E-state index is 13.7. The third-order valence-electron chi connectivity index (χ3n) is 6.05. The molecule has 1 aromatic rings. The zero-order valence-corrected chi connectivity index (χ0v) is 15.6. The summed E-state index contributed by atoms with van der Waals surface area (Å²) in [6.45, 7) is 0.999. The van der Waals surface area contributed by atoms with E-state index < -0.39 is 12.0 Å². The van der Waals surface area contributed by atoms with Crippen LogP contribution in [-0.2, 0) is 9.59 Å². The first-order chi connectivity index (χ1) is 13.0. The van der Waals surface area contributed by atoms with Crippen LogP contribution in [0.15, 0.2) is 18.2 Å². The lowest BCUT2D eigenvalue weighted by molar-refractivity contribution is -0.154. The summed E-state index contributed by atoms with van der Waals surface area (Å²) in [7, 11) is 1.84. The van der Waals surface area contributed by atoms with Gasteiger partial charge in [0, 0.05) is 25.9 Å². The molecule has 1 aliphatic carbocycles. The predicted octanol–water partition coefficient (Wildman–Crippen LogP) is 2.56. The molecule has 1 spiro atoms. The summed E-state index contributed by atoms with van der Waals surface area (Å²) in [5.74, 6) is -0.0692. The Kier molecular flexibility index (Phi) is 4.80. The predicted molar refractivity (Wildman–Crippen MR) is 95.8 cm³/mol. The molecule has 146 valence electrons. The average molecular weight is 376 g/mol. The van der Waals surface area contributed by atoms with Gasteiger partial charge in [0.05, 0.1) is 0 Å². The van der Waals surface area contributed by atoms with Crippen molar-refractivity contribution in [2.75, 3.05) is 26.7 Å². The molecule has 0 N–H and O–H groups in total. The van der Waals surface area contributed by atoms with E-state index in [0.29, 0.717) is 31.7 Å². The van der Waals surface area contributed by atoms with Gasteiger partial charge in [-0.05, 0) is 37.4 Å². The van der Waals surface area contributed by atoms with Gasteiger partial charge in [-0.25, -0.2) is 4.39 Å². The Balaban J connectivity index is 1.34. The van der Waals surface area contributed by atoms with Gasteiger partial charge in [0.25, 0.3) is 0 Å². The summed E-state index contributed by atoms with van der Waals surface area (Å²) >= 11 is 0. The molecule has 0 radical (unpaired) electrons. The van der Waals surface area contributed by atoms with Crippen LogP contribution >= 0.6 is 0 Å². The summed E-state index contributed by atoms with van der Waals surface area (Å²) in [4.78, 5) is 28.4. The lowest BCUT2D eigenvalue weighted by Crippen LogP contribution is -2.51.